The fourth-order valence-corrected chi connectivity index (χ4v) is 4.80. The lowest BCUT2D eigenvalue weighted by Gasteiger charge is -2.19. The molecule has 1 saturated heterocycles. The zero-order valence-corrected chi connectivity index (χ0v) is 17.1. The Balaban J connectivity index is 1.96. The number of anilines is 1. The fourth-order valence-electron chi connectivity index (χ4n) is 3.11. The minimum Gasteiger partial charge on any atom is -0.397 e. The number of imidazole rings is 1. The van der Waals surface area contributed by atoms with Crippen molar-refractivity contribution in [1.29, 1.82) is 0 Å². The maximum absolute atomic E-state index is 10.7. The van der Waals surface area contributed by atoms with E-state index in [4.69, 9.17) is 10.5 Å². The molecule has 1 unspecified atom stereocenters. The van der Waals surface area contributed by atoms with Gasteiger partial charge in [0.05, 0.1) is 11.8 Å². The molecule has 144 valence electrons. The second kappa shape index (κ2) is 7.52. The summed E-state index contributed by atoms with van der Waals surface area (Å²) in [6, 6.07) is 1.70. The van der Waals surface area contributed by atoms with Gasteiger partial charge in [0.1, 0.15) is 17.7 Å². The number of aliphatic hydroxyl groups excluding tert-OH is 2. The first-order chi connectivity index (χ1) is 12.2. The van der Waals surface area contributed by atoms with Crippen molar-refractivity contribution >= 4 is 41.8 Å². The van der Waals surface area contributed by atoms with Crippen LogP contribution in [-0.2, 0) is 4.74 Å². The van der Waals surface area contributed by atoms with Gasteiger partial charge in [-0.1, -0.05) is 18.7 Å². The maximum atomic E-state index is 10.7. The number of pyridine rings is 1. The topological polar surface area (TPSA) is 106 Å². The van der Waals surface area contributed by atoms with Crippen LogP contribution in [0.5, 0.6) is 0 Å². The summed E-state index contributed by atoms with van der Waals surface area (Å²) in [7, 11) is 0. The highest BCUT2D eigenvalue weighted by Crippen LogP contribution is 2.41. The van der Waals surface area contributed by atoms with E-state index in [0.29, 0.717) is 28.4 Å². The minimum absolute atomic E-state index is 0.436. The first-order valence-electron chi connectivity index (χ1n) is 8.67. The highest BCUT2D eigenvalue weighted by molar-refractivity contribution is 7.99. The highest BCUT2D eigenvalue weighted by atomic mass is 32.2. The molecule has 1 fully saturated rings. The molecule has 9 heteroatoms. The molecule has 0 radical (unpaired) electrons. The Morgan fingerprint density at radius 1 is 1.38 bits per heavy atom. The summed E-state index contributed by atoms with van der Waals surface area (Å²) in [4.78, 5) is 8.97. The smallest absolute Gasteiger partial charge is 0.172 e. The van der Waals surface area contributed by atoms with Gasteiger partial charge in [0.25, 0.3) is 0 Å². The van der Waals surface area contributed by atoms with Crippen LogP contribution in [0.25, 0.3) is 11.2 Å². The van der Waals surface area contributed by atoms with Gasteiger partial charge in [-0.25, -0.2) is 9.97 Å². The third-order valence-corrected chi connectivity index (χ3v) is 6.77. The van der Waals surface area contributed by atoms with Crippen LogP contribution in [0.4, 0.5) is 5.69 Å². The van der Waals surface area contributed by atoms with Crippen LogP contribution in [0.2, 0.25) is 0 Å². The molecule has 1 aliphatic rings. The van der Waals surface area contributed by atoms with Gasteiger partial charge in [0.2, 0.25) is 0 Å². The number of fused-ring (bicyclic) bond motifs is 1. The molecular weight excluding hydrogens is 371 g/mol. The third-order valence-electron chi connectivity index (χ3n) is 4.46. The maximum Gasteiger partial charge on any atom is 0.172 e. The van der Waals surface area contributed by atoms with Crippen LogP contribution < -0.4 is 5.73 Å². The van der Waals surface area contributed by atoms with Gasteiger partial charge >= 0.3 is 0 Å². The molecule has 1 aliphatic heterocycles. The highest BCUT2D eigenvalue weighted by Gasteiger charge is 2.45. The Morgan fingerprint density at radius 2 is 2.12 bits per heavy atom. The van der Waals surface area contributed by atoms with E-state index in [1.807, 2.05) is 6.92 Å². The quantitative estimate of drug-likeness (QED) is 0.504. The van der Waals surface area contributed by atoms with Gasteiger partial charge in [-0.05, 0) is 37.7 Å². The summed E-state index contributed by atoms with van der Waals surface area (Å²) < 4.78 is 7.84. The van der Waals surface area contributed by atoms with Crippen LogP contribution in [0.3, 0.4) is 0 Å². The largest absolute Gasteiger partial charge is 0.397 e. The molecule has 26 heavy (non-hydrogen) atoms. The second-order valence-electron chi connectivity index (χ2n) is 7.26. The molecule has 0 aromatic carbocycles. The van der Waals surface area contributed by atoms with E-state index in [9.17, 15) is 10.2 Å². The Labute approximate surface area is 157 Å². The first-order valence-corrected chi connectivity index (χ1v) is 12.7. The molecule has 2 aromatic rings. The van der Waals surface area contributed by atoms with E-state index in [1.165, 1.54) is 11.8 Å². The fraction of sp³-hybridized carbons (Fsp3) is 0.588. The number of hydrogen-bond acceptors (Lipinski definition) is 7. The summed E-state index contributed by atoms with van der Waals surface area (Å²) in [5, 5.41) is 21.8. The van der Waals surface area contributed by atoms with Gasteiger partial charge in [-0.15, -0.1) is 13.2 Å². The standard InChI is InChI=1S/C17H27N4O3PS/c1-5-26-17-20-12-10(18)6-8-19-15(12)21(17)16-14(23)13(22)11(24-16)7-9-25(2,3)4/h6,8,11,13-14,16,22-23H,2,5,7,9H2,1,3-4H3,(H2,18,19)/t11?,13-,14-,16-/m1/s1. The zero-order chi connectivity index (χ0) is 19.1. The first kappa shape index (κ1) is 19.7. The Kier molecular flexibility index (Phi) is 5.70. The van der Waals surface area contributed by atoms with E-state index in [1.54, 1.807) is 16.8 Å². The van der Waals surface area contributed by atoms with Gasteiger partial charge in [0, 0.05) is 6.20 Å². The molecule has 0 bridgehead atoms. The Hall–Kier alpha value is -1.05. The van der Waals surface area contributed by atoms with Crippen molar-refractivity contribution in [2.75, 3.05) is 31.0 Å². The van der Waals surface area contributed by atoms with E-state index in [2.05, 4.69) is 29.6 Å². The second-order valence-corrected chi connectivity index (χ2v) is 12.8. The molecule has 7 nitrogen and oxygen atoms in total. The molecule has 4 N–H and O–H groups in total. The third kappa shape index (κ3) is 3.80. The number of thioether (sulfide) groups is 1. The van der Waals surface area contributed by atoms with Crippen LogP contribution >= 0.6 is 18.6 Å². The molecule has 4 atom stereocenters. The molecule has 3 rings (SSSR count). The summed E-state index contributed by atoms with van der Waals surface area (Å²) in [6.07, 6.45) is 4.18. The number of nitrogens with zero attached hydrogens (tertiary/aromatic N) is 3. The average Bonchev–Trinajstić information content (AvgIpc) is 3.05. The number of aliphatic hydroxyl groups is 2. The number of ether oxygens (including phenoxy) is 1. The molecule has 0 aliphatic carbocycles. The van der Waals surface area contributed by atoms with Crippen molar-refractivity contribution in [3.8, 4) is 0 Å². The van der Waals surface area contributed by atoms with Gasteiger partial charge in [-0.2, -0.15) is 0 Å². The molecule has 0 amide bonds. The van der Waals surface area contributed by atoms with E-state index in [-0.39, 0.29) is 0 Å². The Morgan fingerprint density at radius 3 is 2.77 bits per heavy atom. The Bertz CT molecular complexity index is 837. The van der Waals surface area contributed by atoms with E-state index >= 15 is 0 Å². The van der Waals surface area contributed by atoms with Crippen molar-refractivity contribution in [1.82, 2.24) is 14.5 Å². The molecular formula is C17H27N4O3PS. The van der Waals surface area contributed by atoms with Gasteiger partial charge in [-0.3, -0.25) is 4.57 Å². The number of hydrogen-bond donors (Lipinski definition) is 3. The van der Waals surface area contributed by atoms with E-state index in [0.717, 1.165) is 11.9 Å². The lowest BCUT2D eigenvalue weighted by molar-refractivity contribution is -0.0400. The van der Waals surface area contributed by atoms with Crippen molar-refractivity contribution < 1.29 is 14.9 Å². The van der Waals surface area contributed by atoms with Crippen molar-refractivity contribution in [2.45, 2.75) is 43.0 Å². The monoisotopic (exact) mass is 398 g/mol. The summed E-state index contributed by atoms with van der Waals surface area (Å²) in [5.74, 6) is 0.804. The summed E-state index contributed by atoms with van der Waals surface area (Å²) >= 11 is 1.52. The molecule has 3 heterocycles. The molecule has 0 spiro atoms. The predicted molar refractivity (Wildman–Crippen MR) is 110 cm³/mol. The van der Waals surface area contributed by atoms with Crippen LogP contribution in [0.15, 0.2) is 17.4 Å². The van der Waals surface area contributed by atoms with E-state index < -0.39 is 31.4 Å². The van der Waals surface area contributed by atoms with Crippen molar-refractivity contribution in [2.24, 2.45) is 0 Å². The zero-order valence-electron chi connectivity index (χ0n) is 15.4. The van der Waals surface area contributed by atoms with Crippen molar-refractivity contribution in [3.63, 3.8) is 0 Å². The summed E-state index contributed by atoms with van der Waals surface area (Å²) in [5.41, 5.74) is 7.71. The number of rotatable bonds is 6. The summed E-state index contributed by atoms with van der Waals surface area (Å²) in [6.45, 7) is 5.08. The van der Waals surface area contributed by atoms with Gasteiger partial charge in [0.15, 0.2) is 17.0 Å². The molecule has 0 saturated carbocycles. The lowest BCUT2D eigenvalue weighted by Crippen LogP contribution is -2.32. The minimum atomic E-state index is -1.23. The van der Waals surface area contributed by atoms with Crippen LogP contribution in [-0.4, -0.2) is 74.6 Å². The number of nitrogens with two attached hydrogens (primary N) is 1. The molecule has 2 aromatic heterocycles. The van der Waals surface area contributed by atoms with Gasteiger partial charge < -0.3 is 20.7 Å². The SMILES string of the molecule is C=P(C)(C)CCC1O[C@@H](n2c(SCC)nc3c(N)ccnc32)[C@H](O)[C@@H]1O. The van der Waals surface area contributed by atoms with Crippen LogP contribution in [0.1, 0.15) is 19.6 Å². The lowest BCUT2D eigenvalue weighted by atomic mass is 10.1. The predicted octanol–water partition coefficient (Wildman–Crippen LogP) is 1.84. The van der Waals surface area contributed by atoms with Crippen LogP contribution in [0, 0.1) is 0 Å². The number of aromatic nitrogens is 3. The van der Waals surface area contributed by atoms with Crippen molar-refractivity contribution in [3.05, 3.63) is 12.3 Å². The normalized spacial score (nSPS) is 26.7. The number of nitrogen functional groups attached to an aromatic ring is 1. The average molecular weight is 398 g/mol.